The van der Waals surface area contributed by atoms with Gasteiger partial charge in [0.2, 0.25) is 0 Å². The van der Waals surface area contributed by atoms with Crippen LogP contribution in [0.3, 0.4) is 0 Å². The molecule has 0 saturated carbocycles. The number of benzene rings is 2. The Morgan fingerprint density at radius 1 is 0.731 bits per heavy atom. The number of hydrogen-bond donors (Lipinski definition) is 0. The molecule has 1 aromatic heterocycles. The first kappa shape index (κ1) is 17.9. The Morgan fingerprint density at radius 2 is 1.19 bits per heavy atom. The fourth-order valence-electron chi connectivity index (χ4n) is 2.76. The van der Waals surface area contributed by atoms with Gasteiger partial charge in [0.25, 0.3) is 0 Å². The molecule has 4 nitrogen and oxygen atoms in total. The van der Waals surface area contributed by atoms with Crippen molar-refractivity contribution < 1.29 is 9.47 Å². The first-order valence-electron chi connectivity index (χ1n) is 8.90. The Kier molecular flexibility index (Phi) is 5.84. The lowest BCUT2D eigenvalue weighted by molar-refractivity contribution is 0.415. The molecule has 0 saturated heterocycles. The van der Waals surface area contributed by atoms with Crippen molar-refractivity contribution >= 4 is 0 Å². The van der Waals surface area contributed by atoms with Crippen molar-refractivity contribution in [3.05, 3.63) is 60.4 Å². The van der Waals surface area contributed by atoms with Gasteiger partial charge in [-0.3, -0.25) is 0 Å². The summed E-state index contributed by atoms with van der Waals surface area (Å²) in [6.45, 7) is 2.18. The van der Waals surface area contributed by atoms with E-state index in [0.29, 0.717) is 0 Å². The van der Waals surface area contributed by atoms with Gasteiger partial charge in [0.05, 0.1) is 25.6 Å². The van der Waals surface area contributed by atoms with Crippen molar-refractivity contribution in [2.24, 2.45) is 0 Å². The number of ether oxygens (including phenoxy) is 2. The second-order valence-corrected chi connectivity index (χ2v) is 6.12. The van der Waals surface area contributed by atoms with Gasteiger partial charge >= 0.3 is 0 Å². The molecular weight excluding hydrogens is 324 g/mol. The molecule has 26 heavy (non-hydrogen) atoms. The molecule has 0 atom stereocenters. The molecule has 0 aliphatic heterocycles. The van der Waals surface area contributed by atoms with E-state index in [2.05, 4.69) is 6.92 Å². The van der Waals surface area contributed by atoms with Gasteiger partial charge < -0.3 is 9.47 Å². The summed E-state index contributed by atoms with van der Waals surface area (Å²) in [5.74, 6) is 2.56. The number of aryl methyl sites for hydroxylation is 1. The molecule has 0 N–H and O–H groups in total. The standard InChI is InChI=1S/C22H24N2O2/c1-4-5-6-22-23-20(16-7-11-18(25-2)12-8-16)15-21(24-22)17-9-13-19(26-3)14-10-17/h7-15H,4-6H2,1-3H3. The smallest absolute Gasteiger partial charge is 0.129 e. The first-order valence-corrected chi connectivity index (χ1v) is 8.90. The van der Waals surface area contributed by atoms with E-state index in [1.807, 2.05) is 54.6 Å². The van der Waals surface area contributed by atoms with Gasteiger partial charge in [-0.15, -0.1) is 0 Å². The van der Waals surface area contributed by atoms with Gasteiger partial charge in [-0.05, 0) is 61.0 Å². The molecule has 1 heterocycles. The first-order chi connectivity index (χ1) is 12.7. The highest BCUT2D eigenvalue weighted by molar-refractivity contribution is 5.68. The van der Waals surface area contributed by atoms with Gasteiger partial charge in [0.15, 0.2) is 0 Å². The van der Waals surface area contributed by atoms with E-state index in [1.165, 1.54) is 0 Å². The van der Waals surface area contributed by atoms with Crippen LogP contribution in [0.1, 0.15) is 25.6 Å². The summed E-state index contributed by atoms with van der Waals surface area (Å²) in [6.07, 6.45) is 3.08. The zero-order valence-electron chi connectivity index (χ0n) is 15.5. The van der Waals surface area contributed by atoms with E-state index in [1.54, 1.807) is 14.2 Å². The number of methoxy groups -OCH3 is 2. The molecule has 3 rings (SSSR count). The summed E-state index contributed by atoms with van der Waals surface area (Å²) in [6, 6.07) is 18.0. The second-order valence-electron chi connectivity index (χ2n) is 6.12. The minimum Gasteiger partial charge on any atom is -0.497 e. The molecule has 2 aromatic carbocycles. The predicted molar refractivity (Wildman–Crippen MR) is 105 cm³/mol. The van der Waals surface area contributed by atoms with Crippen LogP contribution in [0.4, 0.5) is 0 Å². The number of nitrogens with zero attached hydrogens (tertiary/aromatic N) is 2. The molecule has 0 unspecified atom stereocenters. The maximum absolute atomic E-state index is 5.25. The molecule has 134 valence electrons. The summed E-state index contributed by atoms with van der Waals surface area (Å²) in [7, 11) is 3.34. The van der Waals surface area contributed by atoms with E-state index < -0.39 is 0 Å². The molecule has 4 heteroatoms. The van der Waals surface area contributed by atoms with E-state index >= 15 is 0 Å². The normalized spacial score (nSPS) is 10.6. The molecule has 0 amide bonds. The van der Waals surface area contributed by atoms with Crippen LogP contribution in [0.25, 0.3) is 22.5 Å². The average molecular weight is 348 g/mol. The van der Waals surface area contributed by atoms with Gasteiger partial charge in [0, 0.05) is 17.5 Å². The van der Waals surface area contributed by atoms with Gasteiger partial charge in [-0.1, -0.05) is 13.3 Å². The van der Waals surface area contributed by atoms with Crippen LogP contribution in [0, 0.1) is 0 Å². The molecule has 3 aromatic rings. The maximum atomic E-state index is 5.25. The Balaban J connectivity index is 2.02. The molecular formula is C22H24N2O2. The fourth-order valence-corrected chi connectivity index (χ4v) is 2.76. The van der Waals surface area contributed by atoms with Gasteiger partial charge in [-0.25, -0.2) is 9.97 Å². The van der Waals surface area contributed by atoms with Gasteiger partial charge in [0.1, 0.15) is 17.3 Å². The van der Waals surface area contributed by atoms with Crippen molar-refractivity contribution in [1.29, 1.82) is 0 Å². The summed E-state index contributed by atoms with van der Waals surface area (Å²) in [4.78, 5) is 9.56. The molecule has 0 fully saturated rings. The minimum absolute atomic E-state index is 0.837. The van der Waals surface area contributed by atoms with Crippen LogP contribution in [-0.4, -0.2) is 24.2 Å². The highest BCUT2D eigenvalue weighted by Crippen LogP contribution is 2.27. The second kappa shape index (κ2) is 8.48. The van der Waals surface area contributed by atoms with Crippen LogP contribution < -0.4 is 9.47 Å². The maximum Gasteiger partial charge on any atom is 0.129 e. The molecule has 0 radical (unpaired) electrons. The van der Waals surface area contributed by atoms with Crippen molar-refractivity contribution in [3.8, 4) is 34.0 Å². The lowest BCUT2D eigenvalue weighted by Gasteiger charge is -2.10. The van der Waals surface area contributed by atoms with Crippen LogP contribution >= 0.6 is 0 Å². The average Bonchev–Trinajstić information content (AvgIpc) is 2.72. The number of unbranched alkanes of at least 4 members (excludes halogenated alkanes) is 1. The Hall–Kier alpha value is -2.88. The van der Waals surface area contributed by atoms with Crippen LogP contribution in [0.15, 0.2) is 54.6 Å². The summed E-state index contributed by atoms with van der Waals surface area (Å²) in [5.41, 5.74) is 3.97. The Morgan fingerprint density at radius 3 is 1.58 bits per heavy atom. The van der Waals surface area contributed by atoms with E-state index in [-0.39, 0.29) is 0 Å². The summed E-state index contributed by atoms with van der Waals surface area (Å²) < 4.78 is 10.5. The molecule has 0 spiro atoms. The van der Waals surface area contributed by atoms with Crippen LogP contribution in [0.2, 0.25) is 0 Å². The fraction of sp³-hybridized carbons (Fsp3) is 0.273. The third-order valence-electron chi connectivity index (χ3n) is 4.30. The van der Waals surface area contributed by atoms with Crippen molar-refractivity contribution in [2.75, 3.05) is 14.2 Å². The Bertz CT molecular complexity index is 777. The number of rotatable bonds is 7. The van der Waals surface area contributed by atoms with E-state index in [0.717, 1.165) is 59.1 Å². The van der Waals surface area contributed by atoms with Crippen molar-refractivity contribution in [2.45, 2.75) is 26.2 Å². The summed E-state index contributed by atoms with van der Waals surface area (Å²) >= 11 is 0. The van der Waals surface area contributed by atoms with Crippen LogP contribution in [-0.2, 0) is 6.42 Å². The van der Waals surface area contributed by atoms with Crippen molar-refractivity contribution in [1.82, 2.24) is 9.97 Å². The van der Waals surface area contributed by atoms with E-state index in [4.69, 9.17) is 19.4 Å². The quantitative estimate of drug-likeness (QED) is 0.591. The SMILES string of the molecule is CCCCc1nc(-c2ccc(OC)cc2)cc(-c2ccc(OC)cc2)n1. The molecule has 0 aliphatic rings. The number of aromatic nitrogens is 2. The third kappa shape index (κ3) is 4.20. The summed E-state index contributed by atoms with van der Waals surface area (Å²) in [5, 5.41) is 0. The zero-order valence-corrected chi connectivity index (χ0v) is 15.5. The lowest BCUT2D eigenvalue weighted by Crippen LogP contribution is -2.00. The topological polar surface area (TPSA) is 44.2 Å². The number of hydrogen-bond acceptors (Lipinski definition) is 4. The zero-order chi connectivity index (χ0) is 18.4. The largest absolute Gasteiger partial charge is 0.497 e. The highest BCUT2D eigenvalue weighted by Gasteiger charge is 2.09. The predicted octanol–water partition coefficient (Wildman–Crippen LogP) is 5.17. The van der Waals surface area contributed by atoms with Crippen LogP contribution in [0.5, 0.6) is 11.5 Å². The van der Waals surface area contributed by atoms with Gasteiger partial charge in [-0.2, -0.15) is 0 Å². The Labute approximate surface area is 154 Å². The lowest BCUT2D eigenvalue weighted by atomic mass is 10.1. The monoisotopic (exact) mass is 348 g/mol. The van der Waals surface area contributed by atoms with E-state index in [9.17, 15) is 0 Å². The molecule has 0 aliphatic carbocycles. The van der Waals surface area contributed by atoms with Crippen molar-refractivity contribution in [3.63, 3.8) is 0 Å². The third-order valence-corrected chi connectivity index (χ3v) is 4.30. The molecule has 0 bridgehead atoms. The highest BCUT2D eigenvalue weighted by atomic mass is 16.5. The minimum atomic E-state index is 0.837.